The van der Waals surface area contributed by atoms with E-state index < -0.39 is 0 Å². The van der Waals surface area contributed by atoms with Crippen molar-refractivity contribution >= 4 is 27.9 Å². The molecule has 0 radical (unpaired) electrons. The van der Waals surface area contributed by atoms with E-state index in [2.05, 4.69) is 71.9 Å². The third kappa shape index (κ3) is 5.37. The van der Waals surface area contributed by atoms with Crippen LogP contribution in [0.2, 0.25) is 0 Å². The van der Waals surface area contributed by atoms with Crippen LogP contribution in [0.1, 0.15) is 49.5 Å². The summed E-state index contributed by atoms with van der Waals surface area (Å²) in [6.07, 6.45) is 7.61. The summed E-state index contributed by atoms with van der Waals surface area (Å²) in [5, 5.41) is 15.1. The Labute approximate surface area is 245 Å². The topological polar surface area (TPSA) is 125 Å². The third-order valence-corrected chi connectivity index (χ3v) is 9.11. The van der Waals surface area contributed by atoms with Crippen molar-refractivity contribution in [2.45, 2.75) is 50.6 Å². The number of piperazine rings is 1. The fraction of sp³-hybridized carbons (Fsp3) is 0.438. The molecule has 2 aromatic carbocycles. The van der Waals surface area contributed by atoms with Crippen molar-refractivity contribution in [1.29, 1.82) is 0 Å². The Morgan fingerprint density at radius 1 is 0.929 bits per heavy atom. The summed E-state index contributed by atoms with van der Waals surface area (Å²) >= 11 is 0. The van der Waals surface area contributed by atoms with E-state index in [1.165, 1.54) is 5.56 Å². The molecule has 7 rings (SSSR count). The molecule has 4 N–H and O–H groups in total. The van der Waals surface area contributed by atoms with Gasteiger partial charge in [0.1, 0.15) is 23.7 Å². The number of anilines is 1. The SMILES string of the molecule is Nc1ncnc2c1c(-c1ccc3[nH]c(Cc4ccccc4)nc3c1)nn2[C@H]1CC[C@@H](N2CCN(CCCO)CC2)CC1. The Hall–Kier alpha value is -3.86. The molecule has 1 aliphatic heterocycles. The largest absolute Gasteiger partial charge is 0.396 e. The maximum atomic E-state index is 9.14. The summed E-state index contributed by atoms with van der Waals surface area (Å²) in [7, 11) is 0. The number of nitrogen functional groups attached to an aromatic ring is 1. The van der Waals surface area contributed by atoms with Gasteiger partial charge in [0.25, 0.3) is 0 Å². The van der Waals surface area contributed by atoms with E-state index in [1.807, 2.05) is 6.07 Å². The van der Waals surface area contributed by atoms with Crippen molar-refractivity contribution in [3.05, 3.63) is 66.2 Å². The number of hydrogen-bond acceptors (Lipinski definition) is 8. The molecular weight excluding hydrogens is 526 g/mol. The molecule has 10 nitrogen and oxygen atoms in total. The van der Waals surface area contributed by atoms with E-state index in [0.29, 0.717) is 11.9 Å². The highest BCUT2D eigenvalue weighted by Crippen LogP contribution is 2.37. The molecule has 1 saturated carbocycles. The highest BCUT2D eigenvalue weighted by molar-refractivity contribution is 5.99. The molecule has 10 heteroatoms. The van der Waals surface area contributed by atoms with Gasteiger partial charge < -0.3 is 20.7 Å². The van der Waals surface area contributed by atoms with Gasteiger partial charge in [-0.25, -0.2) is 19.6 Å². The number of fused-ring (bicyclic) bond motifs is 2. The highest BCUT2D eigenvalue weighted by atomic mass is 16.3. The number of nitrogens with zero attached hydrogens (tertiary/aromatic N) is 7. The molecule has 0 atom stereocenters. The summed E-state index contributed by atoms with van der Waals surface area (Å²) in [6, 6.07) is 17.5. The van der Waals surface area contributed by atoms with Gasteiger partial charge in [0.2, 0.25) is 0 Å². The van der Waals surface area contributed by atoms with Crippen molar-refractivity contribution < 1.29 is 5.11 Å². The third-order valence-electron chi connectivity index (χ3n) is 9.11. The van der Waals surface area contributed by atoms with Crippen LogP contribution in [0.15, 0.2) is 54.9 Å². The molecule has 1 saturated heterocycles. The van der Waals surface area contributed by atoms with Crippen LogP contribution in [0.25, 0.3) is 33.3 Å². The number of H-pyrrole nitrogens is 1. The summed E-state index contributed by atoms with van der Waals surface area (Å²) in [5.41, 5.74) is 12.2. The predicted molar refractivity (Wildman–Crippen MR) is 165 cm³/mol. The average Bonchev–Trinajstić information content (AvgIpc) is 3.62. The van der Waals surface area contributed by atoms with Gasteiger partial charge in [-0.05, 0) is 49.8 Å². The second-order valence-electron chi connectivity index (χ2n) is 11.7. The van der Waals surface area contributed by atoms with Crippen LogP contribution in [-0.4, -0.2) is 90.0 Å². The lowest BCUT2D eigenvalue weighted by atomic mass is 9.90. The lowest BCUT2D eigenvalue weighted by molar-refractivity contribution is 0.0680. The molecule has 4 heterocycles. The Bertz CT molecular complexity index is 1650. The van der Waals surface area contributed by atoms with Gasteiger partial charge >= 0.3 is 0 Å². The minimum atomic E-state index is 0.276. The Kier molecular flexibility index (Phi) is 7.58. The zero-order valence-electron chi connectivity index (χ0n) is 24.0. The normalized spacial score (nSPS) is 20.5. The van der Waals surface area contributed by atoms with E-state index in [0.717, 1.165) is 110 Å². The number of hydrogen-bond donors (Lipinski definition) is 3. The van der Waals surface area contributed by atoms with E-state index in [4.69, 9.17) is 20.9 Å². The number of nitrogens with two attached hydrogens (primary N) is 1. The molecule has 5 aromatic rings. The van der Waals surface area contributed by atoms with Crippen molar-refractivity contribution in [2.24, 2.45) is 0 Å². The van der Waals surface area contributed by atoms with Crippen LogP contribution < -0.4 is 5.73 Å². The minimum Gasteiger partial charge on any atom is -0.396 e. The molecular formula is C32H39N9O. The summed E-state index contributed by atoms with van der Waals surface area (Å²) in [6.45, 7) is 5.69. The standard InChI is InChI=1S/C32H39N9O/c33-31-29-30(23-7-12-26-27(20-23)37-28(36-26)19-22-5-2-1-3-6-22)38-41(32(29)35-21-34-31)25-10-8-24(9-11-25)40-16-14-39(15-17-40)13-4-18-42/h1-3,5-7,12,20-21,24-25,42H,4,8-11,13-19H2,(H,36,37)(H2,33,34,35)/t24-,25+. The molecule has 0 amide bonds. The second-order valence-corrected chi connectivity index (χ2v) is 11.7. The molecule has 1 aliphatic carbocycles. The van der Waals surface area contributed by atoms with Gasteiger partial charge in [0.15, 0.2) is 5.65 Å². The van der Waals surface area contributed by atoms with E-state index in [9.17, 15) is 0 Å². The number of rotatable bonds is 8. The molecule has 0 spiro atoms. The minimum absolute atomic E-state index is 0.276. The maximum absolute atomic E-state index is 9.14. The molecule has 218 valence electrons. The van der Waals surface area contributed by atoms with Crippen LogP contribution in [0.3, 0.4) is 0 Å². The van der Waals surface area contributed by atoms with Crippen LogP contribution in [0, 0.1) is 0 Å². The van der Waals surface area contributed by atoms with Crippen LogP contribution >= 0.6 is 0 Å². The zero-order chi connectivity index (χ0) is 28.5. The summed E-state index contributed by atoms with van der Waals surface area (Å²) in [4.78, 5) is 22.5. The van der Waals surface area contributed by atoms with Crippen molar-refractivity contribution in [3.8, 4) is 11.3 Å². The molecule has 0 unspecified atom stereocenters. The summed E-state index contributed by atoms with van der Waals surface area (Å²) < 4.78 is 2.11. The first-order valence-corrected chi connectivity index (χ1v) is 15.2. The van der Waals surface area contributed by atoms with Gasteiger partial charge in [-0.1, -0.05) is 36.4 Å². The fourth-order valence-corrected chi connectivity index (χ4v) is 6.85. The van der Waals surface area contributed by atoms with Gasteiger partial charge in [-0.3, -0.25) is 4.90 Å². The summed E-state index contributed by atoms with van der Waals surface area (Å²) in [5.74, 6) is 1.40. The number of benzene rings is 2. The van der Waals surface area contributed by atoms with E-state index in [-0.39, 0.29) is 12.6 Å². The second kappa shape index (κ2) is 11.8. The first-order valence-electron chi connectivity index (χ1n) is 15.2. The van der Waals surface area contributed by atoms with Crippen LogP contribution in [0.5, 0.6) is 0 Å². The van der Waals surface area contributed by atoms with Crippen molar-refractivity contribution in [2.75, 3.05) is 45.1 Å². The lowest BCUT2D eigenvalue weighted by Crippen LogP contribution is -2.51. The predicted octanol–water partition coefficient (Wildman–Crippen LogP) is 4.03. The van der Waals surface area contributed by atoms with E-state index in [1.54, 1.807) is 6.33 Å². The monoisotopic (exact) mass is 565 g/mol. The van der Waals surface area contributed by atoms with E-state index >= 15 is 0 Å². The van der Waals surface area contributed by atoms with Gasteiger partial charge in [-0.2, -0.15) is 5.10 Å². The first kappa shape index (κ1) is 27.0. The first-order chi connectivity index (χ1) is 20.7. The van der Waals surface area contributed by atoms with Gasteiger partial charge in [-0.15, -0.1) is 0 Å². The number of aromatic amines is 1. The van der Waals surface area contributed by atoms with Crippen LogP contribution in [0.4, 0.5) is 5.82 Å². The number of imidazole rings is 1. The zero-order valence-corrected chi connectivity index (χ0v) is 24.0. The quantitative estimate of drug-likeness (QED) is 0.258. The van der Waals surface area contributed by atoms with Crippen molar-refractivity contribution in [3.63, 3.8) is 0 Å². The van der Waals surface area contributed by atoms with Crippen molar-refractivity contribution in [1.82, 2.24) is 39.5 Å². The van der Waals surface area contributed by atoms with Gasteiger partial charge in [0, 0.05) is 57.4 Å². The maximum Gasteiger partial charge on any atom is 0.164 e. The number of aliphatic hydroxyl groups is 1. The molecule has 0 bridgehead atoms. The average molecular weight is 566 g/mol. The fourth-order valence-electron chi connectivity index (χ4n) is 6.85. The van der Waals surface area contributed by atoms with Crippen LogP contribution in [-0.2, 0) is 6.42 Å². The molecule has 42 heavy (non-hydrogen) atoms. The Balaban J connectivity index is 1.10. The number of nitrogens with one attached hydrogen (secondary N) is 1. The number of aromatic nitrogens is 6. The van der Waals surface area contributed by atoms with Gasteiger partial charge in [0.05, 0.1) is 22.5 Å². The lowest BCUT2D eigenvalue weighted by Gasteiger charge is -2.42. The molecule has 2 aliphatic rings. The number of aliphatic hydroxyl groups excluding tert-OH is 1. The highest BCUT2D eigenvalue weighted by Gasteiger charge is 2.31. The molecule has 3 aromatic heterocycles. The smallest absolute Gasteiger partial charge is 0.164 e. The Morgan fingerprint density at radius 2 is 1.71 bits per heavy atom. The Morgan fingerprint density at radius 3 is 2.50 bits per heavy atom. The molecule has 2 fully saturated rings.